The lowest BCUT2D eigenvalue weighted by atomic mass is 10.1. The second-order valence-electron chi connectivity index (χ2n) is 3.41. The molecule has 0 atom stereocenters. The highest BCUT2D eigenvalue weighted by molar-refractivity contribution is 5.69. The number of hydrogen-bond acceptors (Lipinski definition) is 4. The van der Waals surface area contributed by atoms with Crippen LogP contribution in [0.5, 0.6) is 5.75 Å². The van der Waals surface area contributed by atoms with Gasteiger partial charge in [-0.15, -0.1) is 5.10 Å². The second kappa shape index (κ2) is 4.32. The predicted molar refractivity (Wildman–Crippen MR) is 60.9 cm³/mol. The number of methoxy groups -OCH3 is 1. The Balaban J connectivity index is 2.61. The molecule has 5 heteroatoms. The fourth-order valence-corrected chi connectivity index (χ4v) is 1.71. The minimum absolute atomic E-state index is 0.362. The van der Waals surface area contributed by atoms with E-state index in [1.54, 1.807) is 11.8 Å². The summed E-state index contributed by atoms with van der Waals surface area (Å²) in [5.41, 5.74) is 8.27. The van der Waals surface area contributed by atoms with E-state index in [0.717, 1.165) is 22.7 Å². The fourth-order valence-electron chi connectivity index (χ4n) is 1.71. The number of aryl methyl sites for hydroxylation is 1. The molecule has 5 nitrogen and oxygen atoms in total. The monoisotopic (exact) mass is 218 g/mol. The van der Waals surface area contributed by atoms with Gasteiger partial charge in [-0.25, -0.2) is 4.68 Å². The van der Waals surface area contributed by atoms with Crippen molar-refractivity contribution < 1.29 is 4.74 Å². The highest BCUT2D eigenvalue weighted by Crippen LogP contribution is 2.30. The summed E-state index contributed by atoms with van der Waals surface area (Å²) in [4.78, 5) is 0. The van der Waals surface area contributed by atoms with Crippen molar-refractivity contribution in [3.8, 4) is 17.0 Å². The molecule has 1 aromatic heterocycles. The molecule has 0 aliphatic heterocycles. The van der Waals surface area contributed by atoms with Crippen LogP contribution in [0.4, 0.5) is 0 Å². The normalized spacial score (nSPS) is 10.4. The van der Waals surface area contributed by atoms with Gasteiger partial charge < -0.3 is 10.5 Å². The van der Waals surface area contributed by atoms with Crippen molar-refractivity contribution in [3.63, 3.8) is 0 Å². The number of nitrogens with zero attached hydrogens (tertiary/aromatic N) is 3. The Morgan fingerprint density at radius 1 is 1.38 bits per heavy atom. The summed E-state index contributed by atoms with van der Waals surface area (Å²) in [5.74, 6) is 0.794. The van der Waals surface area contributed by atoms with Crippen LogP contribution in [0.3, 0.4) is 0 Å². The summed E-state index contributed by atoms with van der Waals surface area (Å²) in [7, 11) is 3.48. The minimum Gasteiger partial charge on any atom is -0.496 e. The molecule has 0 unspecified atom stereocenters. The SMILES string of the molecule is COc1ccccc1-c1c(CN)nnn1C. The van der Waals surface area contributed by atoms with Crippen molar-refractivity contribution >= 4 is 0 Å². The van der Waals surface area contributed by atoms with Gasteiger partial charge in [-0.05, 0) is 12.1 Å². The predicted octanol–water partition coefficient (Wildman–Crippen LogP) is 0.949. The van der Waals surface area contributed by atoms with E-state index in [0.29, 0.717) is 6.54 Å². The molecule has 0 amide bonds. The van der Waals surface area contributed by atoms with Gasteiger partial charge in [-0.1, -0.05) is 17.3 Å². The van der Waals surface area contributed by atoms with E-state index in [1.165, 1.54) is 0 Å². The summed E-state index contributed by atoms with van der Waals surface area (Å²) < 4.78 is 7.02. The van der Waals surface area contributed by atoms with Gasteiger partial charge in [0.1, 0.15) is 11.4 Å². The Labute approximate surface area is 93.8 Å². The molecule has 2 rings (SSSR count). The molecule has 84 valence electrons. The molecule has 2 aromatic rings. The number of para-hydroxylation sites is 1. The summed E-state index contributed by atoms with van der Waals surface area (Å²) in [6.07, 6.45) is 0. The highest BCUT2D eigenvalue weighted by atomic mass is 16.5. The first-order chi connectivity index (χ1) is 7.77. The van der Waals surface area contributed by atoms with Crippen molar-refractivity contribution in [3.05, 3.63) is 30.0 Å². The molecular weight excluding hydrogens is 204 g/mol. The van der Waals surface area contributed by atoms with Crippen LogP contribution >= 0.6 is 0 Å². The lowest BCUT2D eigenvalue weighted by Crippen LogP contribution is -2.01. The van der Waals surface area contributed by atoms with Gasteiger partial charge in [0.2, 0.25) is 0 Å². The van der Waals surface area contributed by atoms with Crippen LogP contribution in [-0.4, -0.2) is 22.1 Å². The quantitative estimate of drug-likeness (QED) is 0.833. The maximum atomic E-state index is 5.64. The van der Waals surface area contributed by atoms with Crippen LogP contribution in [0, 0.1) is 0 Å². The van der Waals surface area contributed by atoms with Crippen LogP contribution < -0.4 is 10.5 Å². The van der Waals surface area contributed by atoms with Crippen molar-refractivity contribution in [1.29, 1.82) is 0 Å². The van der Waals surface area contributed by atoms with E-state index < -0.39 is 0 Å². The zero-order valence-corrected chi connectivity index (χ0v) is 9.34. The fraction of sp³-hybridized carbons (Fsp3) is 0.273. The lowest BCUT2D eigenvalue weighted by Gasteiger charge is -2.08. The average Bonchev–Trinajstić information content (AvgIpc) is 2.70. The summed E-state index contributed by atoms with van der Waals surface area (Å²) in [6, 6.07) is 7.75. The van der Waals surface area contributed by atoms with Crippen LogP contribution in [0.2, 0.25) is 0 Å². The highest BCUT2D eigenvalue weighted by Gasteiger charge is 2.14. The van der Waals surface area contributed by atoms with Crippen LogP contribution in [0.15, 0.2) is 24.3 Å². The molecular formula is C11H14N4O. The third-order valence-corrected chi connectivity index (χ3v) is 2.45. The minimum atomic E-state index is 0.362. The zero-order chi connectivity index (χ0) is 11.5. The van der Waals surface area contributed by atoms with Gasteiger partial charge in [0.05, 0.1) is 12.8 Å². The largest absolute Gasteiger partial charge is 0.496 e. The third kappa shape index (κ3) is 1.65. The Morgan fingerprint density at radius 2 is 2.12 bits per heavy atom. The number of hydrogen-bond donors (Lipinski definition) is 1. The van der Waals surface area contributed by atoms with E-state index >= 15 is 0 Å². The summed E-state index contributed by atoms with van der Waals surface area (Å²) in [5, 5.41) is 7.99. The van der Waals surface area contributed by atoms with Crippen LogP contribution in [0.25, 0.3) is 11.3 Å². The number of ether oxygens (including phenoxy) is 1. The maximum absolute atomic E-state index is 5.64. The van der Waals surface area contributed by atoms with Gasteiger partial charge in [0.15, 0.2) is 0 Å². The Morgan fingerprint density at radius 3 is 2.81 bits per heavy atom. The first kappa shape index (κ1) is 10.6. The molecule has 0 aliphatic carbocycles. The van der Waals surface area contributed by atoms with E-state index in [9.17, 15) is 0 Å². The Kier molecular flexibility index (Phi) is 2.87. The maximum Gasteiger partial charge on any atom is 0.128 e. The van der Waals surface area contributed by atoms with Gasteiger partial charge in [0.25, 0.3) is 0 Å². The number of benzene rings is 1. The molecule has 0 saturated heterocycles. The summed E-state index contributed by atoms with van der Waals surface area (Å²) >= 11 is 0. The average molecular weight is 218 g/mol. The molecule has 0 fully saturated rings. The number of aromatic nitrogens is 3. The van der Waals surface area contributed by atoms with E-state index in [2.05, 4.69) is 10.3 Å². The Bertz CT molecular complexity index is 492. The lowest BCUT2D eigenvalue weighted by molar-refractivity contribution is 0.416. The van der Waals surface area contributed by atoms with Crippen LogP contribution in [0.1, 0.15) is 5.69 Å². The number of rotatable bonds is 3. The third-order valence-electron chi connectivity index (χ3n) is 2.45. The Hall–Kier alpha value is -1.88. The zero-order valence-electron chi connectivity index (χ0n) is 9.34. The molecule has 0 spiro atoms. The van der Waals surface area contributed by atoms with Crippen molar-refractivity contribution in [2.75, 3.05) is 7.11 Å². The molecule has 1 aromatic carbocycles. The molecule has 0 saturated carbocycles. The standard InChI is InChI=1S/C11H14N4O/c1-15-11(9(7-12)13-14-15)8-5-3-4-6-10(8)16-2/h3-6H,7,12H2,1-2H3. The van der Waals surface area contributed by atoms with Crippen LogP contribution in [-0.2, 0) is 13.6 Å². The van der Waals surface area contributed by atoms with Crippen molar-refractivity contribution in [2.45, 2.75) is 6.54 Å². The van der Waals surface area contributed by atoms with Crippen molar-refractivity contribution in [1.82, 2.24) is 15.0 Å². The molecule has 16 heavy (non-hydrogen) atoms. The molecule has 0 bridgehead atoms. The topological polar surface area (TPSA) is 66.0 Å². The van der Waals surface area contributed by atoms with Gasteiger partial charge >= 0.3 is 0 Å². The molecule has 0 aliphatic rings. The van der Waals surface area contributed by atoms with Gasteiger partial charge in [-0.3, -0.25) is 0 Å². The van der Waals surface area contributed by atoms with Crippen molar-refractivity contribution in [2.24, 2.45) is 12.8 Å². The molecule has 2 N–H and O–H groups in total. The molecule has 1 heterocycles. The molecule has 0 radical (unpaired) electrons. The van der Waals surface area contributed by atoms with E-state index in [4.69, 9.17) is 10.5 Å². The summed E-state index contributed by atoms with van der Waals surface area (Å²) in [6.45, 7) is 0.362. The first-order valence-corrected chi connectivity index (χ1v) is 5.00. The number of nitrogens with two attached hydrogens (primary N) is 1. The van der Waals surface area contributed by atoms with Gasteiger partial charge in [0, 0.05) is 19.2 Å². The van der Waals surface area contributed by atoms with E-state index in [1.807, 2.05) is 31.3 Å². The smallest absolute Gasteiger partial charge is 0.128 e. The van der Waals surface area contributed by atoms with Gasteiger partial charge in [-0.2, -0.15) is 0 Å². The second-order valence-corrected chi connectivity index (χ2v) is 3.41. The van der Waals surface area contributed by atoms with E-state index in [-0.39, 0.29) is 0 Å². The first-order valence-electron chi connectivity index (χ1n) is 5.00.